The number of fused-ring (bicyclic) bond motifs is 1. The highest BCUT2D eigenvalue weighted by Crippen LogP contribution is 2.36. The summed E-state index contributed by atoms with van der Waals surface area (Å²) >= 11 is 0. The van der Waals surface area contributed by atoms with Gasteiger partial charge in [0, 0.05) is 31.6 Å². The number of rotatable bonds is 6. The lowest BCUT2D eigenvalue weighted by molar-refractivity contribution is 0.0830. The maximum atomic E-state index is 14.1. The van der Waals surface area contributed by atoms with Crippen LogP contribution in [0.1, 0.15) is 19.4 Å². The normalized spacial score (nSPS) is 19.0. The lowest BCUT2D eigenvalue weighted by Gasteiger charge is -2.37. The maximum absolute atomic E-state index is 14.1. The van der Waals surface area contributed by atoms with E-state index in [0.29, 0.717) is 16.7 Å². The number of halogens is 2. The highest BCUT2D eigenvalue weighted by Gasteiger charge is 2.38. The van der Waals surface area contributed by atoms with Gasteiger partial charge >= 0.3 is 6.03 Å². The van der Waals surface area contributed by atoms with E-state index in [1.165, 1.54) is 22.3 Å². The number of amides is 2. The van der Waals surface area contributed by atoms with E-state index >= 15 is 0 Å². The Morgan fingerprint density at radius 2 is 1.93 bits per heavy atom. The van der Waals surface area contributed by atoms with Crippen molar-refractivity contribution in [1.82, 2.24) is 9.21 Å². The van der Waals surface area contributed by atoms with E-state index in [9.17, 15) is 32.4 Å². The van der Waals surface area contributed by atoms with Gasteiger partial charge in [-0.2, -0.15) is 9.57 Å². The number of hydrogen-bond donors (Lipinski definition) is 2. The molecule has 0 saturated carbocycles. The smallest absolute Gasteiger partial charge is 0.321 e. The van der Waals surface area contributed by atoms with Crippen LogP contribution in [0.2, 0.25) is 0 Å². The van der Waals surface area contributed by atoms with Gasteiger partial charge in [0.2, 0.25) is 10.0 Å². The average Bonchev–Trinajstić information content (AvgIpc) is 2.96. The Kier molecular flexibility index (Phi) is 8.92. The molecule has 9 nitrogen and oxygen atoms in total. The van der Waals surface area contributed by atoms with Gasteiger partial charge in [-0.15, -0.1) is 0 Å². The van der Waals surface area contributed by atoms with Crippen LogP contribution in [0.3, 0.4) is 0 Å². The first kappa shape index (κ1) is 29.9. The van der Waals surface area contributed by atoms with E-state index in [-0.39, 0.29) is 29.4 Å². The van der Waals surface area contributed by atoms with E-state index in [0.717, 1.165) is 18.2 Å². The number of nitriles is 1. The molecule has 0 saturated heterocycles. The molecule has 41 heavy (non-hydrogen) atoms. The largest absolute Gasteiger partial charge is 0.487 e. The molecule has 3 aromatic carbocycles. The van der Waals surface area contributed by atoms with E-state index in [4.69, 9.17) is 4.74 Å². The fourth-order valence-corrected chi connectivity index (χ4v) is 6.37. The van der Waals surface area contributed by atoms with Gasteiger partial charge in [0.05, 0.1) is 30.5 Å². The molecule has 1 heterocycles. The number of ether oxygens (including phenoxy) is 1. The Hall–Kier alpha value is -4.05. The lowest BCUT2D eigenvalue weighted by Crippen LogP contribution is -2.50. The van der Waals surface area contributed by atoms with E-state index in [2.05, 4.69) is 11.4 Å². The van der Waals surface area contributed by atoms with Crippen molar-refractivity contribution in [3.63, 3.8) is 0 Å². The number of anilines is 1. The number of benzene rings is 3. The third kappa shape index (κ3) is 6.48. The van der Waals surface area contributed by atoms with Crippen LogP contribution in [0.5, 0.6) is 5.75 Å². The minimum absolute atomic E-state index is 0.00584. The van der Waals surface area contributed by atoms with Crippen molar-refractivity contribution in [2.45, 2.75) is 30.9 Å². The van der Waals surface area contributed by atoms with Crippen LogP contribution in [0.15, 0.2) is 65.6 Å². The van der Waals surface area contributed by atoms with Crippen LogP contribution in [0, 0.1) is 28.9 Å². The molecule has 0 radical (unpaired) electrons. The summed E-state index contributed by atoms with van der Waals surface area (Å²) < 4.78 is 62.6. The number of aliphatic hydroxyl groups excluding tert-OH is 1. The van der Waals surface area contributed by atoms with Gasteiger partial charge in [-0.05, 0) is 54.4 Å². The summed E-state index contributed by atoms with van der Waals surface area (Å²) in [5, 5.41) is 21.5. The highest BCUT2D eigenvalue weighted by molar-refractivity contribution is 7.89. The number of likely N-dealkylation sites (N-methyl/N-ethyl adjacent to an activating group) is 1. The maximum Gasteiger partial charge on any atom is 0.321 e. The molecule has 216 valence electrons. The van der Waals surface area contributed by atoms with Gasteiger partial charge in [0.1, 0.15) is 28.4 Å². The van der Waals surface area contributed by atoms with Gasteiger partial charge < -0.3 is 20.1 Å². The minimum Gasteiger partial charge on any atom is -0.487 e. The topological polar surface area (TPSA) is 123 Å². The van der Waals surface area contributed by atoms with Gasteiger partial charge in [-0.3, -0.25) is 0 Å². The Labute approximate surface area is 237 Å². The molecule has 2 N–H and O–H groups in total. The second-order valence-electron chi connectivity index (χ2n) is 10.0. The number of sulfonamides is 1. The summed E-state index contributed by atoms with van der Waals surface area (Å²) in [6, 6.07) is 14.8. The van der Waals surface area contributed by atoms with Gasteiger partial charge in [-0.25, -0.2) is 22.0 Å². The predicted octanol–water partition coefficient (Wildman–Crippen LogP) is 4.44. The van der Waals surface area contributed by atoms with Crippen molar-refractivity contribution in [2.75, 3.05) is 32.1 Å². The summed E-state index contributed by atoms with van der Waals surface area (Å²) in [6.45, 7) is 2.91. The standard InChI is InChI=1S/C29H30F2N4O5S/c1-18-15-35(19(2)17-36)41(38,39)28-10-7-22(21-6-4-5-20(11-21)14-32)12-26(28)40-27(18)16-34(3)29(37)33-25-13-23(30)8-9-24(25)31/h4-13,18-19,27,36H,15-17H2,1-3H3,(H,33,37)/t18-,19-,27+/m0/s1. The number of aliphatic hydroxyl groups is 1. The molecular weight excluding hydrogens is 554 g/mol. The molecule has 3 atom stereocenters. The number of carbonyl (C=O) groups excluding carboxylic acids is 1. The number of hydrogen-bond acceptors (Lipinski definition) is 6. The highest BCUT2D eigenvalue weighted by atomic mass is 32.2. The molecule has 3 aromatic rings. The molecule has 12 heteroatoms. The first-order chi connectivity index (χ1) is 19.4. The Morgan fingerprint density at radius 3 is 2.63 bits per heavy atom. The minimum atomic E-state index is -4.09. The average molecular weight is 585 g/mol. The lowest BCUT2D eigenvalue weighted by atomic mass is 10.0. The molecule has 0 aliphatic carbocycles. The second-order valence-corrected chi connectivity index (χ2v) is 11.9. The summed E-state index contributed by atoms with van der Waals surface area (Å²) in [4.78, 5) is 14.0. The van der Waals surface area contributed by atoms with Crippen LogP contribution in [0.25, 0.3) is 11.1 Å². The molecule has 1 aliphatic heterocycles. The molecule has 0 unspecified atom stereocenters. The van der Waals surface area contributed by atoms with E-state index in [1.54, 1.807) is 50.2 Å². The summed E-state index contributed by atoms with van der Waals surface area (Å²) in [6.07, 6.45) is -0.730. The monoisotopic (exact) mass is 584 g/mol. The number of carbonyl (C=O) groups is 1. The summed E-state index contributed by atoms with van der Waals surface area (Å²) in [7, 11) is -2.64. The van der Waals surface area contributed by atoms with Crippen LogP contribution in [0.4, 0.5) is 19.3 Å². The number of nitrogens with zero attached hydrogens (tertiary/aromatic N) is 3. The molecule has 0 spiro atoms. The van der Waals surface area contributed by atoms with E-state index in [1.807, 2.05) is 0 Å². The molecule has 1 aliphatic rings. The number of urea groups is 1. The third-order valence-electron chi connectivity index (χ3n) is 6.96. The molecule has 0 aromatic heterocycles. The molecule has 0 fully saturated rings. The van der Waals surface area contributed by atoms with Crippen LogP contribution in [-0.2, 0) is 10.0 Å². The molecule has 2 amide bonds. The first-order valence-electron chi connectivity index (χ1n) is 12.9. The molecule has 0 bridgehead atoms. The Bertz CT molecular complexity index is 1590. The van der Waals surface area contributed by atoms with Crippen LogP contribution in [-0.4, -0.2) is 67.7 Å². The zero-order valence-electron chi connectivity index (χ0n) is 22.7. The quantitative estimate of drug-likeness (QED) is 0.442. The first-order valence-corrected chi connectivity index (χ1v) is 14.3. The predicted molar refractivity (Wildman–Crippen MR) is 149 cm³/mol. The number of nitrogens with one attached hydrogen (secondary N) is 1. The van der Waals surface area contributed by atoms with Crippen LogP contribution >= 0.6 is 0 Å². The zero-order chi connectivity index (χ0) is 29.9. The van der Waals surface area contributed by atoms with E-state index < -0.39 is 52.4 Å². The van der Waals surface area contributed by atoms with Crippen LogP contribution < -0.4 is 10.1 Å². The van der Waals surface area contributed by atoms with Crippen molar-refractivity contribution in [3.8, 4) is 22.9 Å². The SMILES string of the molecule is C[C@H]1CN([C@@H](C)CO)S(=O)(=O)c2ccc(-c3cccc(C#N)c3)cc2O[C@@H]1CN(C)C(=O)Nc1cc(F)ccc1F. The Balaban J connectivity index is 1.71. The van der Waals surface area contributed by atoms with Crippen molar-refractivity contribution in [2.24, 2.45) is 5.92 Å². The second kappa shape index (κ2) is 12.2. The Morgan fingerprint density at radius 1 is 1.20 bits per heavy atom. The summed E-state index contributed by atoms with van der Waals surface area (Å²) in [5.74, 6) is -1.93. The zero-order valence-corrected chi connectivity index (χ0v) is 23.5. The van der Waals surface area contributed by atoms with Crippen molar-refractivity contribution < 1.29 is 31.8 Å². The van der Waals surface area contributed by atoms with Crippen molar-refractivity contribution >= 4 is 21.7 Å². The van der Waals surface area contributed by atoms with Crippen molar-refractivity contribution in [1.29, 1.82) is 5.26 Å². The summed E-state index contributed by atoms with van der Waals surface area (Å²) in [5.41, 5.74) is 1.39. The molecule has 4 rings (SSSR count). The fourth-order valence-electron chi connectivity index (χ4n) is 4.55. The third-order valence-corrected chi connectivity index (χ3v) is 8.98. The van der Waals surface area contributed by atoms with Gasteiger partial charge in [-0.1, -0.05) is 25.1 Å². The molecular formula is C29H30F2N4O5S. The van der Waals surface area contributed by atoms with Gasteiger partial charge in [0.15, 0.2) is 0 Å². The fraction of sp³-hybridized carbons (Fsp3) is 0.310. The van der Waals surface area contributed by atoms with Crippen molar-refractivity contribution in [3.05, 3.63) is 77.9 Å². The van der Waals surface area contributed by atoms with Gasteiger partial charge in [0.25, 0.3) is 0 Å².